The summed E-state index contributed by atoms with van der Waals surface area (Å²) >= 11 is 0. The number of pyridine rings is 2. The number of carbonyl (C=O) groups is 1. The highest BCUT2D eigenvalue weighted by Crippen LogP contribution is 2.16. The van der Waals surface area contributed by atoms with Crippen molar-refractivity contribution in [3.05, 3.63) is 47.8 Å². The number of amides is 1. The third-order valence-electron chi connectivity index (χ3n) is 2.63. The summed E-state index contributed by atoms with van der Waals surface area (Å²) in [7, 11) is 0. The Labute approximate surface area is 111 Å². The van der Waals surface area contributed by atoms with Crippen molar-refractivity contribution < 1.29 is 4.79 Å². The molecule has 0 radical (unpaired) electrons. The van der Waals surface area contributed by atoms with Crippen molar-refractivity contribution in [3.8, 4) is 0 Å². The Morgan fingerprint density at radius 2 is 2.11 bits per heavy atom. The predicted octanol–water partition coefficient (Wildman–Crippen LogP) is 2.43. The maximum absolute atomic E-state index is 12.1. The highest BCUT2D eigenvalue weighted by atomic mass is 16.1. The van der Waals surface area contributed by atoms with Gasteiger partial charge in [0.2, 0.25) is 0 Å². The number of rotatable bonds is 3. The zero-order chi connectivity index (χ0) is 13.8. The van der Waals surface area contributed by atoms with Gasteiger partial charge in [-0.3, -0.25) is 4.79 Å². The van der Waals surface area contributed by atoms with Crippen LogP contribution in [0.15, 0.2) is 36.5 Å². The minimum Gasteiger partial charge on any atom is -0.384 e. The quantitative estimate of drug-likeness (QED) is 0.883. The van der Waals surface area contributed by atoms with Gasteiger partial charge in [-0.2, -0.15) is 0 Å². The van der Waals surface area contributed by atoms with Crippen LogP contribution in [-0.2, 0) is 0 Å². The van der Waals surface area contributed by atoms with E-state index in [1.54, 1.807) is 30.5 Å². The van der Waals surface area contributed by atoms with Crippen LogP contribution in [0.4, 0.5) is 11.6 Å². The summed E-state index contributed by atoms with van der Waals surface area (Å²) in [6, 6.07) is 8.63. The van der Waals surface area contributed by atoms with Crippen molar-refractivity contribution in [2.24, 2.45) is 0 Å². The monoisotopic (exact) mass is 256 g/mol. The Kier molecular flexibility index (Phi) is 3.75. The van der Waals surface area contributed by atoms with Gasteiger partial charge in [0.15, 0.2) is 0 Å². The number of nitrogen functional groups attached to an aromatic ring is 1. The third kappa shape index (κ3) is 3.28. The number of nitrogens with two attached hydrogens (primary N) is 1. The standard InChI is InChI=1S/C14H16N4O/c1-9(2)11-7-10(8-12(15)17-11)14(19)18-13-5-3-4-6-16-13/h3-9H,1-2H3,(H2,15,17)(H,16,18,19). The Morgan fingerprint density at radius 3 is 2.74 bits per heavy atom. The van der Waals surface area contributed by atoms with Crippen LogP contribution in [0.1, 0.15) is 35.8 Å². The fourth-order valence-electron chi connectivity index (χ4n) is 1.63. The molecular formula is C14H16N4O. The molecule has 0 spiro atoms. The second kappa shape index (κ2) is 5.48. The van der Waals surface area contributed by atoms with Crippen LogP contribution in [0.25, 0.3) is 0 Å². The number of aromatic nitrogens is 2. The van der Waals surface area contributed by atoms with E-state index in [4.69, 9.17) is 5.73 Å². The fourth-order valence-corrected chi connectivity index (χ4v) is 1.63. The molecule has 1 amide bonds. The molecule has 2 aromatic heterocycles. The second-order valence-electron chi connectivity index (χ2n) is 4.53. The van der Waals surface area contributed by atoms with E-state index in [0.717, 1.165) is 5.69 Å². The molecule has 5 heteroatoms. The lowest BCUT2D eigenvalue weighted by Gasteiger charge is -2.09. The van der Waals surface area contributed by atoms with E-state index in [1.165, 1.54) is 0 Å². The van der Waals surface area contributed by atoms with E-state index in [0.29, 0.717) is 17.2 Å². The molecule has 0 aromatic carbocycles. The molecule has 0 aliphatic rings. The largest absolute Gasteiger partial charge is 0.384 e. The molecule has 0 aliphatic heterocycles. The van der Waals surface area contributed by atoms with Crippen LogP contribution in [0.2, 0.25) is 0 Å². The highest BCUT2D eigenvalue weighted by Gasteiger charge is 2.11. The van der Waals surface area contributed by atoms with E-state index < -0.39 is 0 Å². The van der Waals surface area contributed by atoms with Gasteiger partial charge >= 0.3 is 0 Å². The molecule has 2 aromatic rings. The van der Waals surface area contributed by atoms with E-state index >= 15 is 0 Å². The van der Waals surface area contributed by atoms with Gasteiger partial charge in [0.1, 0.15) is 11.6 Å². The average Bonchev–Trinajstić information content (AvgIpc) is 2.39. The number of hydrogen-bond donors (Lipinski definition) is 2. The van der Waals surface area contributed by atoms with Gasteiger partial charge in [0.05, 0.1) is 0 Å². The van der Waals surface area contributed by atoms with E-state index in [1.807, 2.05) is 19.9 Å². The SMILES string of the molecule is CC(C)c1cc(C(=O)Nc2ccccn2)cc(N)n1. The van der Waals surface area contributed by atoms with E-state index in [9.17, 15) is 4.79 Å². The van der Waals surface area contributed by atoms with Crippen LogP contribution in [0.5, 0.6) is 0 Å². The number of hydrogen-bond acceptors (Lipinski definition) is 4. The van der Waals surface area contributed by atoms with Crippen LogP contribution >= 0.6 is 0 Å². The molecule has 3 N–H and O–H groups in total. The average molecular weight is 256 g/mol. The van der Waals surface area contributed by atoms with Gasteiger partial charge in [0, 0.05) is 17.5 Å². The highest BCUT2D eigenvalue weighted by molar-refractivity contribution is 6.04. The first kappa shape index (κ1) is 13.0. The minimum absolute atomic E-state index is 0.213. The van der Waals surface area contributed by atoms with Crippen LogP contribution in [0.3, 0.4) is 0 Å². The Morgan fingerprint density at radius 1 is 1.32 bits per heavy atom. The Hall–Kier alpha value is -2.43. The van der Waals surface area contributed by atoms with Crippen molar-refractivity contribution in [3.63, 3.8) is 0 Å². The molecule has 0 fully saturated rings. The maximum Gasteiger partial charge on any atom is 0.257 e. The van der Waals surface area contributed by atoms with Gasteiger partial charge in [-0.05, 0) is 30.2 Å². The van der Waals surface area contributed by atoms with Crippen molar-refractivity contribution in [2.45, 2.75) is 19.8 Å². The number of nitrogens with one attached hydrogen (secondary N) is 1. The number of anilines is 2. The maximum atomic E-state index is 12.1. The van der Waals surface area contributed by atoms with Crippen molar-refractivity contribution in [1.29, 1.82) is 0 Å². The first-order valence-electron chi connectivity index (χ1n) is 6.06. The van der Waals surface area contributed by atoms with Crippen molar-refractivity contribution in [2.75, 3.05) is 11.1 Å². The molecule has 0 atom stereocenters. The molecule has 5 nitrogen and oxygen atoms in total. The van der Waals surface area contributed by atoms with Gasteiger partial charge in [-0.15, -0.1) is 0 Å². The molecule has 0 saturated heterocycles. The summed E-state index contributed by atoms with van der Waals surface area (Å²) in [5.41, 5.74) is 7.01. The molecule has 98 valence electrons. The van der Waals surface area contributed by atoms with Gasteiger partial charge in [0.25, 0.3) is 5.91 Å². The first-order chi connectivity index (χ1) is 9.06. The number of nitrogens with zero attached hydrogens (tertiary/aromatic N) is 2. The Bertz CT molecular complexity index is 581. The van der Waals surface area contributed by atoms with Crippen molar-refractivity contribution in [1.82, 2.24) is 9.97 Å². The summed E-state index contributed by atoms with van der Waals surface area (Å²) < 4.78 is 0. The zero-order valence-corrected chi connectivity index (χ0v) is 10.9. The predicted molar refractivity (Wildman–Crippen MR) is 74.9 cm³/mol. The van der Waals surface area contributed by atoms with Crippen molar-refractivity contribution >= 4 is 17.5 Å². The Balaban J connectivity index is 2.24. The molecule has 2 heterocycles. The first-order valence-corrected chi connectivity index (χ1v) is 6.06. The number of carbonyl (C=O) groups excluding carboxylic acids is 1. The molecular weight excluding hydrogens is 240 g/mol. The molecule has 0 aliphatic carbocycles. The smallest absolute Gasteiger partial charge is 0.257 e. The van der Waals surface area contributed by atoms with E-state index in [2.05, 4.69) is 15.3 Å². The molecule has 0 saturated carbocycles. The van der Waals surface area contributed by atoms with Gasteiger partial charge in [-0.25, -0.2) is 9.97 Å². The summed E-state index contributed by atoms with van der Waals surface area (Å²) in [6.45, 7) is 4.00. The molecule has 0 unspecified atom stereocenters. The van der Waals surface area contributed by atoms with Gasteiger partial charge < -0.3 is 11.1 Å². The lowest BCUT2D eigenvalue weighted by Crippen LogP contribution is -2.14. The zero-order valence-electron chi connectivity index (χ0n) is 10.9. The summed E-state index contributed by atoms with van der Waals surface area (Å²) in [5, 5.41) is 2.72. The second-order valence-corrected chi connectivity index (χ2v) is 4.53. The molecule has 0 bridgehead atoms. The molecule has 19 heavy (non-hydrogen) atoms. The topological polar surface area (TPSA) is 80.9 Å². The summed E-state index contributed by atoms with van der Waals surface area (Å²) in [5.74, 6) is 0.825. The normalized spacial score (nSPS) is 10.5. The lowest BCUT2D eigenvalue weighted by atomic mass is 10.1. The lowest BCUT2D eigenvalue weighted by molar-refractivity contribution is 0.102. The van der Waals surface area contributed by atoms with Crippen LogP contribution in [-0.4, -0.2) is 15.9 Å². The van der Waals surface area contributed by atoms with Crippen LogP contribution in [0, 0.1) is 0 Å². The van der Waals surface area contributed by atoms with E-state index in [-0.39, 0.29) is 11.8 Å². The minimum atomic E-state index is -0.241. The van der Waals surface area contributed by atoms with Gasteiger partial charge in [-0.1, -0.05) is 19.9 Å². The summed E-state index contributed by atoms with van der Waals surface area (Å²) in [4.78, 5) is 20.4. The third-order valence-corrected chi connectivity index (χ3v) is 2.63. The fraction of sp³-hybridized carbons (Fsp3) is 0.214. The molecule has 2 rings (SSSR count). The summed E-state index contributed by atoms with van der Waals surface area (Å²) in [6.07, 6.45) is 1.62. The van der Waals surface area contributed by atoms with Crippen LogP contribution < -0.4 is 11.1 Å².